The van der Waals surface area contributed by atoms with Crippen LogP contribution in [-0.2, 0) is 10.8 Å². The second-order valence-corrected chi connectivity index (χ2v) is 15.1. The largest absolute Gasteiger partial charge is 0.490 e. The predicted octanol–water partition coefficient (Wildman–Crippen LogP) is 9.05. The smallest absolute Gasteiger partial charge is 0.119 e. The van der Waals surface area contributed by atoms with E-state index in [2.05, 4.69) is 61.7 Å². The van der Waals surface area contributed by atoms with E-state index in [-0.39, 0.29) is 0 Å². The number of benzene rings is 2. The molecule has 8 fully saturated rings. The fraction of sp³-hybridized carbons (Fsp3) is 0.579. The molecule has 8 aliphatic rings. The van der Waals surface area contributed by atoms with Crippen LogP contribution in [0.5, 0.6) is 11.5 Å². The molecule has 2 aromatic carbocycles. The van der Waals surface area contributed by atoms with Crippen molar-refractivity contribution in [3.63, 3.8) is 0 Å². The van der Waals surface area contributed by atoms with Gasteiger partial charge in [0.25, 0.3) is 0 Å². The monoisotopic (exact) mass is 534 g/mol. The third kappa shape index (κ3) is 3.80. The lowest BCUT2D eigenvalue weighted by atomic mass is 9.32. The van der Waals surface area contributed by atoms with Gasteiger partial charge in [-0.3, -0.25) is 0 Å². The van der Waals surface area contributed by atoms with Gasteiger partial charge in [-0.05, 0) is 158 Å². The summed E-state index contributed by atoms with van der Waals surface area (Å²) in [5.74, 6) is 7.42. The number of ether oxygens (including phenoxy) is 2. The van der Waals surface area contributed by atoms with Crippen molar-refractivity contribution >= 4 is 0 Å². The highest BCUT2D eigenvalue weighted by molar-refractivity contribution is 5.40. The Morgan fingerprint density at radius 2 is 1.15 bits per heavy atom. The van der Waals surface area contributed by atoms with Gasteiger partial charge in [-0.1, -0.05) is 49.6 Å². The Bertz CT molecular complexity index is 1240. The summed E-state index contributed by atoms with van der Waals surface area (Å²) in [7, 11) is 0. The SMILES string of the molecule is C=CCOc1ccc(C23CC4CC(C2)CC(C2C5CC6CC(C5)CC2(c2ccc(OCC=C)cc2)C6)(C4)C3)cc1. The minimum atomic E-state index is 0.360. The van der Waals surface area contributed by atoms with Crippen LogP contribution >= 0.6 is 0 Å². The van der Waals surface area contributed by atoms with E-state index in [0.29, 0.717) is 29.5 Å². The molecule has 0 radical (unpaired) electrons. The van der Waals surface area contributed by atoms with Gasteiger partial charge >= 0.3 is 0 Å². The first-order valence-electron chi connectivity index (χ1n) is 16.2. The Morgan fingerprint density at radius 1 is 0.625 bits per heavy atom. The van der Waals surface area contributed by atoms with Crippen molar-refractivity contribution in [2.24, 2.45) is 40.9 Å². The molecule has 40 heavy (non-hydrogen) atoms. The van der Waals surface area contributed by atoms with Crippen molar-refractivity contribution in [3.05, 3.63) is 85.0 Å². The van der Waals surface area contributed by atoms with Crippen LogP contribution in [0.1, 0.15) is 81.8 Å². The van der Waals surface area contributed by atoms with Crippen LogP contribution in [0.4, 0.5) is 0 Å². The van der Waals surface area contributed by atoms with Crippen LogP contribution in [-0.4, -0.2) is 13.2 Å². The van der Waals surface area contributed by atoms with E-state index in [1.807, 2.05) is 12.2 Å². The Labute approximate surface area is 241 Å². The summed E-state index contributed by atoms with van der Waals surface area (Å²) in [4.78, 5) is 0. The summed E-state index contributed by atoms with van der Waals surface area (Å²) in [6, 6.07) is 18.8. The van der Waals surface area contributed by atoms with E-state index < -0.39 is 0 Å². The van der Waals surface area contributed by atoms with E-state index in [0.717, 1.165) is 47.0 Å². The van der Waals surface area contributed by atoms with Crippen LogP contribution in [0.2, 0.25) is 0 Å². The van der Waals surface area contributed by atoms with Crippen LogP contribution in [0.25, 0.3) is 0 Å². The maximum atomic E-state index is 5.92. The molecular weight excluding hydrogens is 488 g/mol. The lowest BCUT2D eigenvalue weighted by molar-refractivity contribution is -0.186. The Morgan fingerprint density at radius 3 is 1.70 bits per heavy atom. The van der Waals surface area contributed by atoms with Crippen molar-refractivity contribution < 1.29 is 9.47 Å². The topological polar surface area (TPSA) is 18.5 Å². The van der Waals surface area contributed by atoms with Gasteiger partial charge in [0.05, 0.1) is 0 Å². The Kier molecular flexibility index (Phi) is 5.85. The first-order chi connectivity index (χ1) is 19.5. The molecule has 5 unspecified atom stereocenters. The molecule has 0 N–H and O–H groups in total. The normalized spacial score (nSPS) is 42.1. The molecule has 0 aromatic heterocycles. The van der Waals surface area contributed by atoms with Crippen LogP contribution in [0.15, 0.2) is 73.8 Å². The van der Waals surface area contributed by atoms with Gasteiger partial charge in [0.2, 0.25) is 0 Å². The fourth-order valence-electron chi connectivity index (χ4n) is 12.7. The molecule has 5 atom stereocenters. The maximum absolute atomic E-state index is 5.92. The lowest BCUT2D eigenvalue weighted by Gasteiger charge is -2.72. The Hall–Kier alpha value is -2.48. The van der Waals surface area contributed by atoms with Crippen molar-refractivity contribution in [2.45, 2.75) is 81.5 Å². The minimum Gasteiger partial charge on any atom is -0.490 e. The molecule has 210 valence electrons. The summed E-state index contributed by atoms with van der Waals surface area (Å²) >= 11 is 0. The third-order valence-corrected chi connectivity index (χ3v) is 12.7. The summed E-state index contributed by atoms with van der Waals surface area (Å²) in [5.41, 5.74) is 4.45. The van der Waals surface area contributed by atoms with Crippen LogP contribution in [0.3, 0.4) is 0 Å². The Balaban J connectivity index is 1.18. The minimum absolute atomic E-state index is 0.360. The summed E-state index contributed by atoms with van der Waals surface area (Å²) < 4.78 is 11.8. The molecule has 8 saturated carbocycles. The van der Waals surface area contributed by atoms with E-state index in [1.165, 1.54) is 70.6 Å². The van der Waals surface area contributed by atoms with Crippen molar-refractivity contribution in [1.82, 2.24) is 0 Å². The van der Waals surface area contributed by atoms with Gasteiger partial charge in [-0.25, -0.2) is 0 Å². The first kappa shape index (κ1) is 25.2. The molecule has 8 bridgehead atoms. The predicted molar refractivity (Wildman–Crippen MR) is 162 cm³/mol. The van der Waals surface area contributed by atoms with Gasteiger partial charge in [0, 0.05) is 0 Å². The quantitative estimate of drug-likeness (QED) is 0.299. The molecule has 0 amide bonds. The van der Waals surface area contributed by atoms with Crippen molar-refractivity contribution in [1.29, 1.82) is 0 Å². The van der Waals surface area contributed by atoms with Gasteiger partial charge < -0.3 is 9.47 Å². The molecular formula is C38H46O2. The zero-order valence-electron chi connectivity index (χ0n) is 24.2. The summed E-state index contributed by atoms with van der Waals surface area (Å²) in [6.45, 7) is 8.79. The molecule has 2 aromatic rings. The highest BCUT2D eigenvalue weighted by Gasteiger charge is 2.68. The average Bonchev–Trinajstić information content (AvgIpc) is 2.94. The van der Waals surface area contributed by atoms with E-state index in [4.69, 9.17) is 9.47 Å². The molecule has 0 heterocycles. The molecule has 2 heteroatoms. The second kappa shape index (κ2) is 9.27. The zero-order valence-corrected chi connectivity index (χ0v) is 24.2. The van der Waals surface area contributed by atoms with E-state index in [9.17, 15) is 0 Å². The van der Waals surface area contributed by atoms with Crippen LogP contribution < -0.4 is 9.47 Å². The van der Waals surface area contributed by atoms with Gasteiger partial charge in [0.1, 0.15) is 24.7 Å². The lowest BCUT2D eigenvalue weighted by Crippen LogP contribution is -2.65. The standard InChI is InChI=1S/C38H46O2/c1-3-13-39-33-9-5-31(6-10-33)36-19-28-16-29(20-36)22-37(21-28,25-36)35-30-17-26-15-27(18-30)24-38(35,23-26)32-7-11-34(12-8-32)40-14-4-2/h3-12,26-30,35H,1-2,13-25H2. The van der Waals surface area contributed by atoms with Gasteiger partial charge in [-0.2, -0.15) is 0 Å². The maximum Gasteiger partial charge on any atom is 0.119 e. The first-order valence-corrected chi connectivity index (χ1v) is 16.2. The van der Waals surface area contributed by atoms with Gasteiger partial charge in [0.15, 0.2) is 0 Å². The highest BCUT2D eigenvalue weighted by atomic mass is 16.5. The molecule has 2 nitrogen and oxygen atoms in total. The van der Waals surface area contributed by atoms with Crippen molar-refractivity contribution in [2.75, 3.05) is 13.2 Å². The molecule has 0 saturated heterocycles. The fourth-order valence-corrected chi connectivity index (χ4v) is 12.7. The molecule has 0 spiro atoms. The third-order valence-electron chi connectivity index (χ3n) is 12.7. The molecule has 8 aliphatic carbocycles. The average molecular weight is 535 g/mol. The highest BCUT2D eigenvalue weighted by Crippen LogP contribution is 2.76. The molecule has 0 aliphatic heterocycles. The zero-order chi connectivity index (χ0) is 27.0. The van der Waals surface area contributed by atoms with Crippen LogP contribution in [0, 0.1) is 40.9 Å². The second-order valence-electron chi connectivity index (χ2n) is 15.1. The number of hydrogen-bond acceptors (Lipinski definition) is 2. The summed E-state index contributed by atoms with van der Waals surface area (Å²) in [6.07, 6.45) is 19.7. The van der Waals surface area contributed by atoms with Crippen molar-refractivity contribution in [3.8, 4) is 11.5 Å². The molecule has 10 rings (SSSR count). The number of rotatable bonds is 9. The van der Waals surface area contributed by atoms with E-state index >= 15 is 0 Å². The van der Waals surface area contributed by atoms with E-state index in [1.54, 1.807) is 11.1 Å². The van der Waals surface area contributed by atoms with Gasteiger partial charge in [-0.15, -0.1) is 0 Å². The summed E-state index contributed by atoms with van der Waals surface area (Å²) in [5, 5.41) is 0. The number of hydrogen-bond donors (Lipinski definition) is 0.